The summed E-state index contributed by atoms with van der Waals surface area (Å²) in [5.41, 5.74) is 1.13. The van der Waals surface area contributed by atoms with E-state index >= 15 is 0 Å². The summed E-state index contributed by atoms with van der Waals surface area (Å²) in [5.74, 6) is -0.654. The van der Waals surface area contributed by atoms with Crippen LogP contribution < -0.4 is 4.74 Å². The second-order valence-corrected chi connectivity index (χ2v) is 3.75. The fourth-order valence-electron chi connectivity index (χ4n) is 1.62. The summed E-state index contributed by atoms with van der Waals surface area (Å²) >= 11 is 0. The molecule has 2 aromatic rings. The molecule has 0 saturated carbocycles. The third kappa shape index (κ3) is 2.11. The zero-order valence-corrected chi connectivity index (χ0v) is 10.3. The highest BCUT2D eigenvalue weighted by Gasteiger charge is 2.19. The number of nitrogens with zero attached hydrogens (tertiary/aromatic N) is 4. The van der Waals surface area contributed by atoms with Gasteiger partial charge in [-0.25, -0.2) is 9.78 Å². The number of aromatic carboxylic acids is 1. The summed E-state index contributed by atoms with van der Waals surface area (Å²) in [6, 6.07) is 3.65. The van der Waals surface area contributed by atoms with Gasteiger partial charge in [-0.15, -0.1) is 0 Å². The molecule has 0 radical (unpaired) electrons. The van der Waals surface area contributed by atoms with Crippen LogP contribution in [0, 0.1) is 18.3 Å². The second-order valence-electron chi connectivity index (χ2n) is 3.75. The number of nitriles is 1. The molecule has 2 rings (SSSR count). The Hall–Kier alpha value is -2.88. The van der Waals surface area contributed by atoms with Gasteiger partial charge in [0.25, 0.3) is 0 Å². The van der Waals surface area contributed by atoms with Crippen molar-refractivity contribution >= 4 is 5.97 Å². The fourth-order valence-corrected chi connectivity index (χ4v) is 1.62. The van der Waals surface area contributed by atoms with Crippen LogP contribution in [-0.4, -0.2) is 33.0 Å². The molecule has 0 fully saturated rings. The van der Waals surface area contributed by atoms with E-state index < -0.39 is 5.97 Å². The first-order chi connectivity index (χ1) is 9.08. The minimum Gasteiger partial charge on any atom is -0.480 e. The van der Waals surface area contributed by atoms with Crippen LogP contribution in [0.5, 0.6) is 5.88 Å². The number of aromatic nitrogens is 3. The van der Waals surface area contributed by atoms with Gasteiger partial charge in [-0.05, 0) is 18.6 Å². The summed E-state index contributed by atoms with van der Waals surface area (Å²) in [5, 5.41) is 21.8. The lowest BCUT2D eigenvalue weighted by Crippen LogP contribution is -2.05. The van der Waals surface area contributed by atoms with E-state index in [1.165, 1.54) is 24.2 Å². The number of hydrogen-bond donors (Lipinski definition) is 1. The molecular formula is C12H10N4O3. The van der Waals surface area contributed by atoms with Crippen LogP contribution in [0.25, 0.3) is 5.82 Å². The molecular weight excluding hydrogens is 248 g/mol. The maximum absolute atomic E-state index is 11.0. The molecule has 0 bridgehead atoms. The van der Waals surface area contributed by atoms with Crippen LogP contribution in [0.2, 0.25) is 0 Å². The molecule has 2 heterocycles. The van der Waals surface area contributed by atoms with Crippen LogP contribution >= 0.6 is 0 Å². The number of rotatable bonds is 3. The maximum Gasteiger partial charge on any atom is 0.342 e. The molecule has 1 N–H and O–H groups in total. The number of methoxy groups -OCH3 is 1. The number of pyridine rings is 1. The van der Waals surface area contributed by atoms with E-state index in [4.69, 9.17) is 15.1 Å². The van der Waals surface area contributed by atoms with Crippen LogP contribution in [0.4, 0.5) is 0 Å². The number of ether oxygens (including phenoxy) is 1. The van der Waals surface area contributed by atoms with Crippen LogP contribution in [0.1, 0.15) is 21.5 Å². The Balaban J connectivity index is 2.57. The Morgan fingerprint density at radius 3 is 2.79 bits per heavy atom. The molecule has 7 nitrogen and oxygen atoms in total. The highest BCUT2D eigenvalue weighted by molar-refractivity contribution is 5.90. The van der Waals surface area contributed by atoms with Gasteiger partial charge in [0.1, 0.15) is 11.6 Å². The van der Waals surface area contributed by atoms with Gasteiger partial charge in [-0.2, -0.15) is 15.0 Å². The topological polar surface area (TPSA) is 101 Å². The molecule has 0 saturated heterocycles. The molecule has 96 valence electrons. The van der Waals surface area contributed by atoms with Crippen molar-refractivity contribution in [1.82, 2.24) is 14.8 Å². The molecule has 0 aliphatic heterocycles. The highest BCUT2D eigenvalue weighted by Crippen LogP contribution is 2.22. The number of carboxylic acids is 1. The summed E-state index contributed by atoms with van der Waals surface area (Å²) in [6.07, 6.45) is 2.60. The smallest absolute Gasteiger partial charge is 0.342 e. The summed E-state index contributed by atoms with van der Waals surface area (Å²) in [7, 11) is 1.36. The van der Waals surface area contributed by atoms with E-state index in [2.05, 4.69) is 10.1 Å². The largest absolute Gasteiger partial charge is 0.480 e. The normalized spacial score (nSPS) is 9.95. The first kappa shape index (κ1) is 12.6. The van der Waals surface area contributed by atoms with Crippen molar-refractivity contribution < 1.29 is 14.6 Å². The second kappa shape index (κ2) is 4.78. The summed E-state index contributed by atoms with van der Waals surface area (Å²) in [4.78, 5) is 15.1. The Bertz CT molecular complexity index is 685. The molecule has 7 heteroatoms. The third-order valence-electron chi connectivity index (χ3n) is 2.58. The molecule has 0 aliphatic rings. The molecule has 0 aliphatic carbocycles. The van der Waals surface area contributed by atoms with Gasteiger partial charge in [0.2, 0.25) is 5.88 Å². The number of aryl methyl sites for hydroxylation is 1. The van der Waals surface area contributed by atoms with Gasteiger partial charge in [0.05, 0.1) is 18.9 Å². The molecule has 0 atom stereocenters. The molecule has 0 amide bonds. The average molecular weight is 258 g/mol. The fraction of sp³-hybridized carbons (Fsp3) is 0.167. The van der Waals surface area contributed by atoms with Gasteiger partial charge >= 0.3 is 5.97 Å². The zero-order chi connectivity index (χ0) is 14.0. The maximum atomic E-state index is 11.0. The quantitative estimate of drug-likeness (QED) is 0.886. The SMILES string of the molecule is COc1c(C(=O)O)cnn1-c1cc(C)c(C#N)cn1. The lowest BCUT2D eigenvalue weighted by molar-refractivity contribution is 0.0693. The monoisotopic (exact) mass is 258 g/mol. The van der Waals surface area contributed by atoms with E-state index in [1.807, 2.05) is 6.07 Å². The van der Waals surface area contributed by atoms with E-state index in [1.54, 1.807) is 13.0 Å². The predicted octanol–water partition coefficient (Wildman–Crippen LogP) is 1.15. The Kier molecular flexibility index (Phi) is 3.16. The molecule has 2 aromatic heterocycles. The van der Waals surface area contributed by atoms with Crippen LogP contribution in [0.3, 0.4) is 0 Å². The average Bonchev–Trinajstić information content (AvgIpc) is 2.82. The number of hydrogen-bond acceptors (Lipinski definition) is 5. The number of carbonyl (C=O) groups is 1. The van der Waals surface area contributed by atoms with Gasteiger partial charge in [-0.3, -0.25) is 0 Å². The first-order valence-electron chi connectivity index (χ1n) is 5.31. The van der Waals surface area contributed by atoms with E-state index in [9.17, 15) is 4.79 Å². The van der Waals surface area contributed by atoms with Crippen LogP contribution in [-0.2, 0) is 0 Å². The van der Waals surface area contributed by atoms with E-state index in [0.717, 1.165) is 5.56 Å². The molecule has 0 unspecified atom stereocenters. The number of carboxylic acid groups (broad SMARTS) is 1. The Morgan fingerprint density at radius 2 is 2.26 bits per heavy atom. The first-order valence-corrected chi connectivity index (χ1v) is 5.31. The van der Waals surface area contributed by atoms with Crippen molar-refractivity contribution in [1.29, 1.82) is 5.26 Å². The summed E-state index contributed by atoms with van der Waals surface area (Å²) in [6.45, 7) is 1.76. The van der Waals surface area contributed by atoms with Gasteiger partial charge in [-0.1, -0.05) is 0 Å². The minimum absolute atomic E-state index is 0.0497. The van der Waals surface area contributed by atoms with Crippen molar-refractivity contribution in [2.75, 3.05) is 7.11 Å². The van der Waals surface area contributed by atoms with E-state index in [-0.39, 0.29) is 11.4 Å². The third-order valence-corrected chi connectivity index (χ3v) is 2.58. The standard InChI is InChI=1S/C12H10N4O3/c1-7-3-10(14-5-8(7)4-13)16-11(19-2)9(6-15-16)12(17)18/h3,5-6H,1-2H3,(H,17,18). The van der Waals surface area contributed by atoms with Crippen molar-refractivity contribution in [2.45, 2.75) is 6.92 Å². The Morgan fingerprint density at radius 1 is 1.53 bits per heavy atom. The van der Waals surface area contributed by atoms with Crippen molar-refractivity contribution in [2.24, 2.45) is 0 Å². The van der Waals surface area contributed by atoms with E-state index in [0.29, 0.717) is 11.4 Å². The van der Waals surface area contributed by atoms with Gasteiger partial charge < -0.3 is 9.84 Å². The Labute approximate surface area is 108 Å². The minimum atomic E-state index is -1.13. The molecule has 19 heavy (non-hydrogen) atoms. The lowest BCUT2D eigenvalue weighted by atomic mass is 10.2. The molecule has 0 aromatic carbocycles. The highest BCUT2D eigenvalue weighted by atomic mass is 16.5. The van der Waals surface area contributed by atoms with Gasteiger partial charge in [0.15, 0.2) is 5.82 Å². The zero-order valence-electron chi connectivity index (χ0n) is 10.3. The molecule has 0 spiro atoms. The van der Waals surface area contributed by atoms with Crippen molar-refractivity contribution in [3.8, 4) is 17.8 Å². The summed E-state index contributed by atoms with van der Waals surface area (Å²) < 4.78 is 6.32. The van der Waals surface area contributed by atoms with Crippen molar-refractivity contribution in [3.05, 3.63) is 35.2 Å². The van der Waals surface area contributed by atoms with Gasteiger partial charge in [0, 0.05) is 6.20 Å². The van der Waals surface area contributed by atoms with Crippen LogP contribution in [0.15, 0.2) is 18.5 Å². The predicted molar refractivity (Wildman–Crippen MR) is 64.3 cm³/mol. The van der Waals surface area contributed by atoms with Crippen molar-refractivity contribution in [3.63, 3.8) is 0 Å². The lowest BCUT2D eigenvalue weighted by Gasteiger charge is -2.07.